The molecule has 26 heavy (non-hydrogen) atoms. The van der Waals surface area contributed by atoms with Gasteiger partial charge >= 0.3 is 5.97 Å². The summed E-state index contributed by atoms with van der Waals surface area (Å²) in [5.74, 6) is -0.248. The van der Waals surface area contributed by atoms with E-state index in [1.54, 1.807) is 0 Å². The highest BCUT2D eigenvalue weighted by Gasteiger charge is 2.34. The van der Waals surface area contributed by atoms with Gasteiger partial charge in [-0.05, 0) is 39.3 Å². The van der Waals surface area contributed by atoms with E-state index in [1.807, 2.05) is 17.9 Å². The van der Waals surface area contributed by atoms with E-state index in [9.17, 15) is 9.90 Å². The molecule has 0 aliphatic carbocycles. The summed E-state index contributed by atoms with van der Waals surface area (Å²) in [7, 11) is 4.16. The lowest BCUT2D eigenvalue weighted by atomic mass is 9.86. The Labute approximate surface area is 156 Å². The highest BCUT2D eigenvalue weighted by molar-refractivity contribution is 5.66. The molecular formula is C19H33N5O2. The van der Waals surface area contributed by atoms with E-state index in [1.165, 1.54) is 11.3 Å². The molecule has 2 aliphatic rings. The first kappa shape index (κ1) is 19.3. The average Bonchev–Trinajstić information content (AvgIpc) is 2.93. The van der Waals surface area contributed by atoms with Crippen LogP contribution in [0.4, 0.5) is 0 Å². The smallest absolute Gasteiger partial charge is 0.303 e. The summed E-state index contributed by atoms with van der Waals surface area (Å²) in [5, 5.41) is 13.5. The van der Waals surface area contributed by atoms with Gasteiger partial charge in [0.2, 0.25) is 0 Å². The van der Waals surface area contributed by atoms with E-state index in [2.05, 4.69) is 33.8 Å². The summed E-state index contributed by atoms with van der Waals surface area (Å²) in [5.41, 5.74) is 2.50. The van der Waals surface area contributed by atoms with Gasteiger partial charge in [0, 0.05) is 70.0 Å². The maximum Gasteiger partial charge on any atom is 0.303 e. The Bertz CT molecular complexity index is 609. The van der Waals surface area contributed by atoms with Crippen LogP contribution in [0, 0.1) is 12.8 Å². The van der Waals surface area contributed by atoms with E-state index < -0.39 is 5.97 Å². The number of hydrogen-bond acceptors (Lipinski definition) is 5. The van der Waals surface area contributed by atoms with Crippen molar-refractivity contribution in [1.82, 2.24) is 24.5 Å². The van der Waals surface area contributed by atoms with E-state index in [-0.39, 0.29) is 6.42 Å². The number of aromatic nitrogens is 2. The van der Waals surface area contributed by atoms with Gasteiger partial charge in [-0.2, -0.15) is 5.10 Å². The number of aliphatic carboxylic acids is 1. The Kier molecular flexibility index (Phi) is 6.32. The van der Waals surface area contributed by atoms with Crippen molar-refractivity contribution in [1.29, 1.82) is 0 Å². The molecular weight excluding hydrogens is 330 g/mol. The zero-order valence-corrected chi connectivity index (χ0v) is 16.4. The van der Waals surface area contributed by atoms with Crippen LogP contribution in [0.2, 0.25) is 0 Å². The summed E-state index contributed by atoms with van der Waals surface area (Å²) in [6.07, 6.45) is 4.14. The fourth-order valence-electron chi connectivity index (χ4n) is 4.41. The number of carbonyl (C=O) groups is 1. The summed E-state index contributed by atoms with van der Waals surface area (Å²) in [6.45, 7) is 9.52. The minimum atomic E-state index is -0.678. The van der Waals surface area contributed by atoms with Gasteiger partial charge in [-0.1, -0.05) is 0 Å². The predicted molar refractivity (Wildman–Crippen MR) is 101 cm³/mol. The van der Waals surface area contributed by atoms with E-state index in [0.717, 1.165) is 58.7 Å². The Hall–Kier alpha value is -1.44. The maximum atomic E-state index is 11.1. The lowest BCUT2D eigenvalue weighted by Gasteiger charge is -2.46. The summed E-state index contributed by atoms with van der Waals surface area (Å²) < 4.78 is 1.92. The fourth-order valence-corrected chi connectivity index (χ4v) is 4.41. The van der Waals surface area contributed by atoms with Crippen molar-refractivity contribution in [3.05, 3.63) is 17.5 Å². The second kappa shape index (κ2) is 8.50. The Balaban J connectivity index is 1.64. The molecule has 0 unspecified atom stereocenters. The summed E-state index contributed by atoms with van der Waals surface area (Å²) >= 11 is 0. The molecule has 1 N–H and O–H groups in total. The third-order valence-corrected chi connectivity index (χ3v) is 6.24. The maximum absolute atomic E-state index is 11.1. The first-order chi connectivity index (χ1) is 12.4. The normalized spacial score (nSPS) is 26.3. The van der Waals surface area contributed by atoms with Gasteiger partial charge in [0.1, 0.15) is 0 Å². The number of likely N-dealkylation sites (tertiary alicyclic amines) is 1. The van der Waals surface area contributed by atoms with E-state index in [4.69, 9.17) is 0 Å². The topological polar surface area (TPSA) is 64.8 Å². The fraction of sp³-hybridized carbons (Fsp3) is 0.789. The molecule has 0 amide bonds. The van der Waals surface area contributed by atoms with Gasteiger partial charge in [0.15, 0.2) is 0 Å². The minimum absolute atomic E-state index is 0.272. The summed E-state index contributed by atoms with van der Waals surface area (Å²) in [6, 6.07) is 0.522. The Morgan fingerprint density at radius 1 is 1.23 bits per heavy atom. The van der Waals surface area contributed by atoms with Crippen molar-refractivity contribution in [3.63, 3.8) is 0 Å². The SMILES string of the molecule is Cc1c(CN2CC[C@H](N3CCN(C)CC3)[C@H](CCC(=O)O)C2)cnn1C. The molecule has 2 atom stereocenters. The zero-order valence-electron chi connectivity index (χ0n) is 16.4. The molecule has 0 radical (unpaired) electrons. The first-order valence-corrected chi connectivity index (χ1v) is 9.78. The molecule has 1 aromatic heterocycles. The molecule has 7 nitrogen and oxygen atoms in total. The third-order valence-electron chi connectivity index (χ3n) is 6.24. The number of aryl methyl sites for hydroxylation is 1. The lowest BCUT2D eigenvalue weighted by Crippen LogP contribution is -2.56. The van der Waals surface area contributed by atoms with E-state index >= 15 is 0 Å². The van der Waals surface area contributed by atoms with Gasteiger partial charge in [0.05, 0.1) is 6.20 Å². The number of piperazine rings is 1. The van der Waals surface area contributed by atoms with Crippen molar-refractivity contribution in [2.24, 2.45) is 13.0 Å². The van der Waals surface area contributed by atoms with E-state index in [0.29, 0.717) is 12.0 Å². The van der Waals surface area contributed by atoms with Crippen LogP contribution in [-0.2, 0) is 18.4 Å². The van der Waals surface area contributed by atoms with Crippen molar-refractivity contribution >= 4 is 5.97 Å². The molecule has 7 heteroatoms. The molecule has 3 rings (SSSR count). The zero-order chi connectivity index (χ0) is 18.7. The van der Waals surface area contributed by atoms with Crippen molar-refractivity contribution in [2.45, 2.75) is 38.8 Å². The summed E-state index contributed by atoms with van der Waals surface area (Å²) in [4.78, 5) is 18.6. The Morgan fingerprint density at radius 3 is 2.58 bits per heavy atom. The molecule has 2 fully saturated rings. The highest BCUT2D eigenvalue weighted by Crippen LogP contribution is 2.28. The van der Waals surface area contributed by atoms with Gasteiger partial charge in [-0.25, -0.2) is 0 Å². The molecule has 0 aromatic carbocycles. The number of rotatable bonds is 6. The number of likely N-dealkylation sites (N-methyl/N-ethyl adjacent to an activating group) is 1. The lowest BCUT2D eigenvalue weighted by molar-refractivity contribution is -0.137. The molecule has 146 valence electrons. The number of carboxylic acids is 1. The molecule has 1 aromatic rings. The number of carboxylic acid groups (broad SMARTS) is 1. The van der Waals surface area contributed by atoms with Crippen LogP contribution in [0.25, 0.3) is 0 Å². The van der Waals surface area contributed by atoms with Crippen molar-refractivity contribution in [3.8, 4) is 0 Å². The molecule has 2 aliphatic heterocycles. The standard InChI is InChI=1S/C19H33N5O2/c1-15-17(12-20-22(15)3)14-23-7-6-18(16(13-23)4-5-19(25)26)24-10-8-21(2)9-11-24/h12,16,18H,4-11,13-14H2,1-3H3,(H,25,26)/t16-,18+/m1/s1. The number of piperidine rings is 1. The number of hydrogen-bond donors (Lipinski definition) is 1. The molecule has 0 spiro atoms. The van der Waals surface area contributed by atoms with Crippen LogP contribution < -0.4 is 0 Å². The van der Waals surface area contributed by atoms with Crippen LogP contribution in [0.1, 0.15) is 30.5 Å². The quantitative estimate of drug-likeness (QED) is 0.814. The van der Waals surface area contributed by atoms with Crippen LogP contribution in [0.3, 0.4) is 0 Å². The van der Waals surface area contributed by atoms with Gasteiger partial charge in [-0.15, -0.1) is 0 Å². The third kappa shape index (κ3) is 4.64. The molecule has 0 bridgehead atoms. The molecule has 3 heterocycles. The van der Waals surface area contributed by atoms with Crippen LogP contribution >= 0.6 is 0 Å². The number of nitrogens with zero attached hydrogens (tertiary/aromatic N) is 5. The van der Waals surface area contributed by atoms with Gasteiger partial charge in [0.25, 0.3) is 0 Å². The largest absolute Gasteiger partial charge is 0.481 e. The van der Waals surface area contributed by atoms with Crippen LogP contribution in [-0.4, -0.2) is 87.9 Å². The molecule has 2 saturated heterocycles. The van der Waals surface area contributed by atoms with Crippen LogP contribution in [0.15, 0.2) is 6.20 Å². The predicted octanol–water partition coefficient (Wildman–Crippen LogP) is 1.03. The van der Waals surface area contributed by atoms with Crippen molar-refractivity contribution in [2.75, 3.05) is 46.3 Å². The Morgan fingerprint density at radius 2 is 1.96 bits per heavy atom. The highest BCUT2D eigenvalue weighted by atomic mass is 16.4. The first-order valence-electron chi connectivity index (χ1n) is 9.78. The molecule has 0 saturated carbocycles. The monoisotopic (exact) mass is 363 g/mol. The van der Waals surface area contributed by atoms with Crippen molar-refractivity contribution < 1.29 is 9.90 Å². The minimum Gasteiger partial charge on any atom is -0.481 e. The van der Waals surface area contributed by atoms with Crippen LogP contribution in [0.5, 0.6) is 0 Å². The van der Waals surface area contributed by atoms with Gasteiger partial charge < -0.3 is 10.0 Å². The van der Waals surface area contributed by atoms with Gasteiger partial charge in [-0.3, -0.25) is 19.3 Å². The second-order valence-corrected chi connectivity index (χ2v) is 8.00. The average molecular weight is 364 g/mol. The second-order valence-electron chi connectivity index (χ2n) is 8.00.